The van der Waals surface area contributed by atoms with Crippen LogP contribution in [0.1, 0.15) is 188 Å². The molecule has 312 valence electrons. The standard InChI is InChI=1S/C46H82N2O6/c1-5-8-10-12-14-16-18-20-22-24-26-28-30-32-34-36-44(49)52-40-43(41-53-46(51)47(4)42-38-48(7-3)39-42)54-45(50)37-35-33-31-29-27-25-23-21-19-17-15-13-11-9-6-2/h14,16,20-23,42-43H,5-13,15,17-19,24-41H2,1-4H3/b16-14-,22-20-,23-21-. The van der Waals surface area contributed by atoms with Crippen LogP contribution in [-0.4, -0.2) is 79.9 Å². The molecule has 1 rings (SSSR count). The van der Waals surface area contributed by atoms with E-state index in [1.165, 1.54) is 77.0 Å². The third kappa shape index (κ3) is 28.8. The molecule has 0 aromatic rings. The maximum atomic E-state index is 12.7. The van der Waals surface area contributed by atoms with E-state index in [4.69, 9.17) is 14.2 Å². The Morgan fingerprint density at radius 3 is 1.54 bits per heavy atom. The lowest BCUT2D eigenvalue weighted by atomic mass is 10.1. The largest absolute Gasteiger partial charge is 0.462 e. The lowest BCUT2D eigenvalue weighted by Gasteiger charge is -2.42. The van der Waals surface area contributed by atoms with Crippen LogP contribution in [0.25, 0.3) is 0 Å². The van der Waals surface area contributed by atoms with Crippen molar-refractivity contribution in [3.8, 4) is 0 Å². The predicted octanol–water partition coefficient (Wildman–Crippen LogP) is 12.1. The van der Waals surface area contributed by atoms with Crippen molar-refractivity contribution in [1.82, 2.24) is 9.80 Å². The van der Waals surface area contributed by atoms with E-state index in [1.54, 1.807) is 11.9 Å². The number of likely N-dealkylation sites (tertiary alicyclic amines) is 1. The second-order valence-corrected chi connectivity index (χ2v) is 15.3. The molecule has 0 bridgehead atoms. The molecule has 1 aliphatic rings. The summed E-state index contributed by atoms with van der Waals surface area (Å²) < 4.78 is 16.7. The molecule has 1 unspecified atom stereocenters. The average molecular weight is 759 g/mol. The quantitative estimate of drug-likeness (QED) is 0.0272. The number of allylic oxidation sites excluding steroid dienone is 6. The first-order valence-electron chi connectivity index (χ1n) is 22.3. The highest BCUT2D eigenvalue weighted by atomic mass is 16.6. The number of carbonyl (C=O) groups is 3. The molecular weight excluding hydrogens is 677 g/mol. The van der Waals surface area contributed by atoms with E-state index < -0.39 is 12.2 Å². The molecule has 8 nitrogen and oxygen atoms in total. The predicted molar refractivity (Wildman–Crippen MR) is 225 cm³/mol. The maximum absolute atomic E-state index is 12.7. The number of esters is 2. The SMILES string of the molecule is CCCCC/C=C\C/C=C\CCCCCCCC(=O)OCC(COC(=O)N(C)C1CN(CC)C1)OC(=O)CCCCCCC/C=C\CCCCCCCC. The van der Waals surface area contributed by atoms with E-state index in [0.717, 1.165) is 96.7 Å². The second-order valence-electron chi connectivity index (χ2n) is 15.3. The Hall–Kier alpha value is -2.61. The zero-order valence-corrected chi connectivity index (χ0v) is 35.4. The van der Waals surface area contributed by atoms with Gasteiger partial charge in [-0.25, -0.2) is 4.79 Å². The molecule has 1 heterocycles. The number of ether oxygens (including phenoxy) is 3. The van der Waals surface area contributed by atoms with Crippen LogP contribution in [-0.2, 0) is 23.8 Å². The molecule has 1 aliphatic heterocycles. The summed E-state index contributed by atoms with van der Waals surface area (Å²) >= 11 is 0. The van der Waals surface area contributed by atoms with Crippen LogP contribution < -0.4 is 0 Å². The van der Waals surface area contributed by atoms with Crippen LogP contribution in [0.4, 0.5) is 4.79 Å². The number of unbranched alkanes of at least 4 members (excludes halogenated alkanes) is 19. The van der Waals surface area contributed by atoms with Crippen LogP contribution in [0.2, 0.25) is 0 Å². The van der Waals surface area contributed by atoms with E-state index in [1.807, 2.05) is 0 Å². The fraction of sp³-hybridized carbons (Fsp3) is 0.804. The summed E-state index contributed by atoms with van der Waals surface area (Å²) in [5, 5.41) is 0. The third-order valence-corrected chi connectivity index (χ3v) is 10.3. The number of amides is 1. The maximum Gasteiger partial charge on any atom is 0.409 e. The molecule has 0 N–H and O–H groups in total. The Morgan fingerprint density at radius 2 is 1.00 bits per heavy atom. The Bertz CT molecular complexity index is 1010. The Morgan fingerprint density at radius 1 is 0.574 bits per heavy atom. The highest BCUT2D eigenvalue weighted by Gasteiger charge is 2.32. The normalized spacial score (nSPS) is 14.2. The van der Waals surface area contributed by atoms with Gasteiger partial charge >= 0.3 is 18.0 Å². The first-order valence-corrected chi connectivity index (χ1v) is 22.3. The van der Waals surface area contributed by atoms with Crippen LogP contribution in [0.15, 0.2) is 36.5 Å². The Kier molecular flexibility index (Phi) is 33.0. The van der Waals surface area contributed by atoms with Gasteiger partial charge in [-0.2, -0.15) is 0 Å². The van der Waals surface area contributed by atoms with Gasteiger partial charge in [-0.3, -0.25) is 14.5 Å². The smallest absolute Gasteiger partial charge is 0.409 e. The molecule has 0 aliphatic carbocycles. The van der Waals surface area contributed by atoms with Crippen molar-refractivity contribution in [2.75, 3.05) is 39.9 Å². The summed E-state index contributed by atoms with van der Waals surface area (Å²) in [5.74, 6) is -0.652. The first-order chi connectivity index (χ1) is 26.4. The molecule has 1 amide bonds. The number of hydrogen-bond acceptors (Lipinski definition) is 7. The molecular formula is C46H82N2O6. The summed E-state index contributed by atoms with van der Waals surface area (Å²) in [6, 6.07) is 0.112. The summed E-state index contributed by atoms with van der Waals surface area (Å²) in [6.45, 7) is 8.94. The minimum absolute atomic E-state index is 0.110. The highest BCUT2D eigenvalue weighted by Crippen LogP contribution is 2.15. The molecule has 1 atom stereocenters. The van der Waals surface area contributed by atoms with E-state index in [0.29, 0.717) is 12.8 Å². The van der Waals surface area contributed by atoms with Gasteiger partial charge < -0.3 is 19.1 Å². The zero-order chi connectivity index (χ0) is 39.3. The number of hydrogen-bond donors (Lipinski definition) is 0. The van der Waals surface area contributed by atoms with Crippen molar-refractivity contribution in [3.05, 3.63) is 36.5 Å². The monoisotopic (exact) mass is 759 g/mol. The van der Waals surface area contributed by atoms with Crippen LogP contribution in [0.5, 0.6) is 0 Å². The summed E-state index contributed by atoms with van der Waals surface area (Å²) in [5.41, 5.74) is 0. The van der Waals surface area contributed by atoms with Gasteiger partial charge in [-0.05, 0) is 77.2 Å². The van der Waals surface area contributed by atoms with Crippen LogP contribution in [0.3, 0.4) is 0 Å². The van der Waals surface area contributed by atoms with Crippen LogP contribution >= 0.6 is 0 Å². The van der Waals surface area contributed by atoms with E-state index in [-0.39, 0.29) is 31.2 Å². The average Bonchev–Trinajstić information content (AvgIpc) is 3.15. The Labute approximate surface area is 331 Å². The molecule has 0 aromatic carbocycles. The lowest BCUT2D eigenvalue weighted by Crippen LogP contribution is -2.59. The summed E-state index contributed by atoms with van der Waals surface area (Å²) in [7, 11) is 1.74. The van der Waals surface area contributed by atoms with Gasteiger partial charge in [0.15, 0.2) is 6.10 Å². The minimum Gasteiger partial charge on any atom is -0.462 e. The molecule has 0 aromatic heterocycles. The summed E-state index contributed by atoms with van der Waals surface area (Å²) in [6.07, 6.45) is 41.0. The van der Waals surface area contributed by atoms with Gasteiger partial charge in [0.05, 0.1) is 6.04 Å². The zero-order valence-electron chi connectivity index (χ0n) is 35.4. The number of nitrogens with zero attached hydrogens (tertiary/aromatic N) is 2. The molecule has 0 spiro atoms. The second kappa shape index (κ2) is 36.1. The highest BCUT2D eigenvalue weighted by molar-refractivity contribution is 5.70. The van der Waals surface area contributed by atoms with Crippen molar-refractivity contribution in [2.45, 2.75) is 200 Å². The number of likely N-dealkylation sites (N-methyl/N-ethyl adjacent to an activating group) is 2. The van der Waals surface area contributed by atoms with Crippen molar-refractivity contribution < 1.29 is 28.6 Å². The van der Waals surface area contributed by atoms with Gasteiger partial charge in [-0.1, -0.05) is 141 Å². The van der Waals surface area contributed by atoms with Crippen molar-refractivity contribution in [1.29, 1.82) is 0 Å². The minimum atomic E-state index is -0.819. The van der Waals surface area contributed by atoms with E-state index >= 15 is 0 Å². The molecule has 1 fully saturated rings. The molecule has 1 saturated heterocycles. The van der Waals surface area contributed by atoms with Gasteiger partial charge in [-0.15, -0.1) is 0 Å². The first kappa shape index (κ1) is 49.4. The fourth-order valence-electron chi connectivity index (χ4n) is 6.50. The number of rotatable bonds is 36. The molecule has 0 saturated carbocycles. The van der Waals surface area contributed by atoms with Gasteiger partial charge in [0, 0.05) is 33.0 Å². The van der Waals surface area contributed by atoms with Gasteiger partial charge in [0.25, 0.3) is 0 Å². The van der Waals surface area contributed by atoms with Crippen LogP contribution in [0, 0.1) is 0 Å². The van der Waals surface area contributed by atoms with E-state index in [2.05, 4.69) is 62.1 Å². The molecule has 0 radical (unpaired) electrons. The number of carbonyl (C=O) groups excluding carboxylic acids is 3. The van der Waals surface area contributed by atoms with E-state index in [9.17, 15) is 14.4 Å². The molecule has 54 heavy (non-hydrogen) atoms. The van der Waals surface area contributed by atoms with Crippen molar-refractivity contribution in [2.24, 2.45) is 0 Å². The summed E-state index contributed by atoms with van der Waals surface area (Å²) in [4.78, 5) is 41.9. The topological polar surface area (TPSA) is 85.4 Å². The lowest BCUT2D eigenvalue weighted by molar-refractivity contribution is -0.161. The fourth-order valence-corrected chi connectivity index (χ4v) is 6.50. The van der Waals surface area contributed by atoms with Gasteiger partial charge in [0.1, 0.15) is 13.2 Å². The third-order valence-electron chi connectivity index (χ3n) is 10.3. The van der Waals surface area contributed by atoms with Crippen molar-refractivity contribution >= 4 is 18.0 Å². The van der Waals surface area contributed by atoms with Crippen molar-refractivity contribution in [3.63, 3.8) is 0 Å². The van der Waals surface area contributed by atoms with Gasteiger partial charge in [0.2, 0.25) is 0 Å². The Balaban J connectivity index is 2.28. The molecule has 8 heteroatoms.